The fourth-order valence-electron chi connectivity index (χ4n) is 4.30. The first-order valence-corrected chi connectivity index (χ1v) is 12.9. The van der Waals surface area contributed by atoms with Gasteiger partial charge in [0.05, 0.1) is 5.39 Å². The van der Waals surface area contributed by atoms with Gasteiger partial charge < -0.3 is 5.32 Å². The van der Waals surface area contributed by atoms with Gasteiger partial charge in [-0.1, -0.05) is 55.1 Å². The molecule has 1 saturated carbocycles. The summed E-state index contributed by atoms with van der Waals surface area (Å²) in [5, 5.41) is 4.01. The Balaban J connectivity index is 1.59. The van der Waals surface area contributed by atoms with Crippen LogP contribution in [-0.4, -0.2) is 21.5 Å². The Morgan fingerprint density at radius 2 is 2.12 bits per heavy atom. The Kier molecular flexibility index (Phi) is 5.95. The zero-order valence-electron chi connectivity index (χ0n) is 18.2. The summed E-state index contributed by atoms with van der Waals surface area (Å²) < 4.78 is 1.69. The minimum atomic E-state index is -0.466. The van der Waals surface area contributed by atoms with Crippen molar-refractivity contribution in [3.8, 4) is 0 Å². The number of aryl methyl sites for hydroxylation is 1. The number of allylic oxidation sites excluding steroid dienone is 1. The van der Waals surface area contributed by atoms with Crippen molar-refractivity contribution in [1.29, 1.82) is 0 Å². The van der Waals surface area contributed by atoms with Gasteiger partial charge in [-0.15, -0.1) is 17.9 Å². The van der Waals surface area contributed by atoms with E-state index in [1.54, 1.807) is 22.0 Å². The zero-order chi connectivity index (χ0) is 22.2. The number of nitrogens with zero attached hydrogens (tertiary/aromatic N) is 2. The van der Waals surface area contributed by atoms with Gasteiger partial charge in [-0.05, 0) is 49.1 Å². The largest absolute Gasteiger partial charge is 0.352 e. The SMILES string of the molecule is C=CCn1c(S[C@H](C(=O)NC2CC2)c2ccccc2)nc2sc3c(c2c1=O)CC[C@@H](C)C3. The van der Waals surface area contributed by atoms with Crippen molar-refractivity contribution in [2.45, 2.75) is 62.0 Å². The van der Waals surface area contributed by atoms with Gasteiger partial charge in [-0.3, -0.25) is 14.2 Å². The normalized spacial score (nSPS) is 18.8. The predicted molar refractivity (Wildman–Crippen MR) is 131 cm³/mol. The van der Waals surface area contributed by atoms with Crippen LogP contribution in [0.15, 0.2) is 52.9 Å². The number of amides is 1. The molecule has 1 amide bonds. The van der Waals surface area contributed by atoms with Crippen molar-refractivity contribution in [3.63, 3.8) is 0 Å². The molecule has 2 aliphatic carbocycles. The highest BCUT2D eigenvalue weighted by Gasteiger charge is 2.31. The van der Waals surface area contributed by atoms with Gasteiger partial charge in [0, 0.05) is 17.5 Å². The number of aromatic nitrogens is 2. The lowest BCUT2D eigenvalue weighted by Crippen LogP contribution is -2.30. The van der Waals surface area contributed by atoms with Crippen molar-refractivity contribution in [1.82, 2.24) is 14.9 Å². The highest BCUT2D eigenvalue weighted by molar-refractivity contribution is 8.00. The maximum atomic E-state index is 13.6. The number of fused-ring (bicyclic) bond motifs is 3. The van der Waals surface area contributed by atoms with Crippen LogP contribution in [0.2, 0.25) is 0 Å². The van der Waals surface area contributed by atoms with E-state index in [0.717, 1.165) is 47.9 Å². The van der Waals surface area contributed by atoms with Crippen LogP contribution in [0.5, 0.6) is 0 Å². The van der Waals surface area contributed by atoms with Gasteiger partial charge >= 0.3 is 0 Å². The Hall–Kier alpha value is -2.38. The van der Waals surface area contributed by atoms with E-state index in [4.69, 9.17) is 4.98 Å². The number of hydrogen-bond donors (Lipinski definition) is 1. The molecular formula is C25H27N3O2S2. The minimum Gasteiger partial charge on any atom is -0.352 e. The topological polar surface area (TPSA) is 64.0 Å². The third kappa shape index (κ3) is 4.16. The standard InChI is InChI=1S/C25H27N3O2S2/c1-3-13-28-24(30)20-18-12-9-15(2)14-19(18)31-23(20)27-25(28)32-21(16-7-5-4-6-8-16)22(29)26-17-10-11-17/h3-8,15,17,21H,1,9-14H2,2H3,(H,26,29)/t15-,21+/m1/s1. The maximum absolute atomic E-state index is 13.6. The molecule has 0 unspecified atom stereocenters. The summed E-state index contributed by atoms with van der Waals surface area (Å²) in [4.78, 5) is 33.8. The highest BCUT2D eigenvalue weighted by atomic mass is 32.2. The second-order valence-corrected chi connectivity index (χ2v) is 11.0. The van der Waals surface area contributed by atoms with E-state index in [1.807, 2.05) is 30.3 Å². The lowest BCUT2D eigenvalue weighted by molar-refractivity contribution is -0.120. The predicted octanol–water partition coefficient (Wildman–Crippen LogP) is 4.88. The fraction of sp³-hybridized carbons (Fsp3) is 0.400. The number of benzene rings is 1. The molecule has 32 heavy (non-hydrogen) atoms. The van der Waals surface area contributed by atoms with Gasteiger partial charge in [0.15, 0.2) is 5.16 Å². The first-order chi connectivity index (χ1) is 15.5. The second kappa shape index (κ2) is 8.87. The van der Waals surface area contributed by atoms with E-state index in [2.05, 4.69) is 18.8 Å². The molecule has 7 heteroatoms. The molecule has 0 saturated heterocycles. The zero-order valence-corrected chi connectivity index (χ0v) is 19.8. The quantitative estimate of drug-likeness (QED) is 0.307. The van der Waals surface area contributed by atoms with Crippen molar-refractivity contribution >= 4 is 39.2 Å². The first kappa shape index (κ1) is 21.5. The van der Waals surface area contributed by atoms with E-state index in [-0.39, 0.29) is 17.5 Å². The molecular weight excluding hydrogens is 438 g/mol. The van der Waals surface area contributed by atoms with Crippen LogP contribution in [-0.2, 0) is 24.2 Å². The van der Waals surface area contributed by atoms with E-state index >= 15 is 0 Å². The Bertz CT molecular complexity index is 1230. The van der Waals surface area contributed by atoms with E-state index in [1.165, 1.54) is 22.2 Å². The van der Waals surface area contributed by atoms with Crippen molar-refractivity contribution in [3.05, 3.63) is 69.3 Å². The third-order valence-corrected chi connectivity index (χ3v) is 8.57. The number of hydrogen-bond acceptors (Lipinski definition) is 5. The number of carbonyl (C=O) groups excluding carboxylic acids is 1. The summed E-state index contributed by atoms with van der Waals surface area (Å²) >= 11 is 3.01. The highest BCUT2D eigenvalue weighted by Crippen LogP contribution is 2.39. The van der Waals surface area contributed by atoms with Crippen LogP contribution in [0, 0.1) is 5.92 Å². The Morgan fingerprint density at radius 1 is 1.34 bits per heavy atom. The van der Waals surface area contributed by atoms with Crippen LogP contribution in [0.4, 0.5) is 0 Å². The second-order valence-electron chi connectivity index (χ2n) is 8.82. The number of carbonyl (C=O) groups is 1. The summed E-state index contributed by atoms with van der Waals surface area (Å²) in [7, 11) is 0. The summed E-state index contributed by atoms with van der Waals surface area (Å²) in [5.74, 6) is 0.607. The number of rotatable bonds is 7. The lowest BCUT2D eigenvalue weighted by atomic mass is 9.89. The molecule has 2 aromatic heterocycles. The summed E-state index contributed by atoms with van der Waals surface area (Å²) in [6.45, 7) is 6.49. The summed E-state index contributed by atoms with van der Waals surface area (Å²) in [6.07, 6.45) is 6.83. The van der Waals surface area contributed by atoms with Crippen molar-refractivity contribution in [2.75, 3.05) is 0 Å². The molecule has 5 rings (SSSR count). The third-order valence-electron chi connectivity index (χ3n) is 6.18. The van der Waals surface area contributed by atoms with Crippen molar-refractivity contribution in [2.24, 2.45) is 5.92 Å². The molecule has 2 atom stereocenters. The van der Waals surface area contributed by atoms with Crippen molar-refractivity contribution < 1.29 is 4.79 Å². The molecule has 3 aromatic rings. The van der Waals surface area contributed by atoms with Gasteiger partial charge in [0.25, 0.3) is 5.56 Å². The van der Waals surface area contributed by atoms with E-state index in [0.29, 0.717) is 17.6 Å². The molecule has 5 nitrogen and oxygen atoms in total. The van der Waals surface area contributed by atoms with Crippen LogP contribution in [0.1, 0.15) is 47.4 Å². The van der Waals surface area contributed by atoms with Crippen LogP contribution >= 0.6 is 23.1 Å². The molecule has 0 bridgehead atoms. The Morgan fingerprint density at radius 3 is 2.84 bits per heavy atom. The smallest absolute Gasteiger partial charge is 0.263 e. The molecule has 1 aromatic carbocycles. The summed E-state index contributed by atoms with van der Waals surface area (Å²) in [6, 6.07) is 10.0. The van der Waals surface area contributed by atoms with E-state index < -0.39 is 5.25 Å². The van der Waals surface area contributed by atoms with Gasteiger partial charge in [0.1, 0.15) is 10.1 Å². The maximum Gasteiger partial charge on any atom is 0.263 e. The average Bonchev–Trinajstić information content (AvgIpc) is 3.52. The van der Waals surface area contributed by atoms with Crippen LogP contribution in [0.3, 0.4) is 0 Å². The molecule has 0 aliphatic heterocycles. The molecule has 166 valence electrons. The summed E-state index contributed by atoms with van der Waals surface area (Å²) in [5.41, 5.74) is 2.08. The van der Waals surface area contributed by atoms with Crippen LogP contribution < -0.4 is 10.9 Å². The number of thiophene rings is 1. The lowest BCUT2D eigenvalue weighted by Gasteiger charge is -2.19. The van der Waals surface area contributed by atoms with Crippen LogP contribution in [0.25, 0.3) is 10.2 Å². The van der Waals surface area contributed by atoms with Gasteiger partial charge in [-0.2, -0.15) is 0 Å². The molecule has 0 spiro atoms. The van der Waals surface area contributed by atoms with Gasteiger partial charge in [0.2, 0.25) is 5.91 Å². The molecule has 2 aliphatic rings. The molecule has 1 N–H and O–H groups in total. The molecule has 0 radical (unpaired) electrons. The Labute approximate surface area is 195 Å². The number of nitrogens with one attached hydrogen (secondary N) is 1. The fourth-order valence-corrected chi connectivity index (χ4v) is 6.83. The average molecular weight is 466 g/mol. The monoisotopic (exact) mass is 465 g/mol. The number of thioether (sulfide) groups is 1. The van der Waals surface area contributed by atoms with Gasteiger partial charge in [-0.25, -0.2) is 4.98 Å². The van der Waals surface area contributed by atoms with E-state index in [9.17, 15) is 9.59 Å². The first-order valence-electron chi connectivity index (χ1n) is 11.2. The minimum absolute atomic E-state index is 0.0149. The molecule has 2 heterocycles. The molecule has 1 fully saturated rings.